The normalized spacial score (nSPS) is 21.7. The summed E-state index contributed by atoms with van der Waals surface area (Å²) in [6.07, 6.45) is 1.53. The SMILES string of the molecule is CCC(CC(=O)N1C[C@@H](N)[C@H](c2ccccc2)C1)c1ccccc1. The number of nitrogens with two attached hydrogens (primary N) is 1. The molecule has 3 heteroatoms. The second-order valence-corrected chi connectivity index (χ2v) is 6.70. The van der Waals surface area contributed by atoms with Gasteiger partial charge in [0.1, 0.15) is 0 Å². The first-order valence-corrected chi connectivity index (χ1v) is 8.82. The van der Waals surface area contributed by atoms with Crippen LogP contribution in [0.2, 0.25) is 0 Å². The third-order valence-electron chi connectivity index (χ3n) is 5.13. The number of carbonyl (C=O) groups is 1. The third-order valence-corrected chi connectivity index (χ3v) is 5.13. The summed E-state index contributed by atoms with van der Waals surface area (Å²) in [6.45, 7) is 3.53. The lowest BCUT2D eigenvalue weighted by atomic mass is 9.93. The van der Waals surface area contributed by atoms with Crippen LogP contribution in [0.25, 0.3) is 0 Å². The zero-order valence-corrected chi connectivity index (χ0v) is 14.3. The number of hydrogen-bond acceptors (Lipinski definition) is 2. The molecule has 0 saturated carbocycles. The molecule has 1 saturated heterocycles. The molecule has 0 bridgehead atoms. The summed E-state index contributed by atoms with van der Waals surface area (Å²) in [6, 6.07) is 20.7. The molecular weight excluding hydrogens is 296 g/mol. The lowest BCUT2D eigenvalue weighted by molar-refractivity contribution is -0.130. The first-order chi connectivity index (χ1) is 11.7. The Balaban J connectivity index is 1.65. The summed E-state index contributed by atoms with van der Waals surface area (Å²) in [5.41, 5.74) is 8.80. The average molecular weight is 322 g/mol. The standard InChI is InChI=1S/C21H26N2O/c1-2-16(17-9-5-3-6-10-17)13-21(24)23-14-19(20(22)15-23)18-11-7-4-8-12-18/h3-12,16,19-20H,2,13-15,22H2,1H3/t16?,19-,20+/m0/s1. The van der Waals surface area contributed by atoms with Crippen LogP contribution < -0.4 is 5.73 Å². The molecule has 0 spiro atoms. The summed E-state index contributed by atoms with van der Waals surface area (Å²) in [7, 11) is 0. The molecule has 1 heterocycles. The van der Waals surface area contributed by atoms with E-state index in [4.69, 9.17) is 5.73 Å². The van der Waals surface area contributed by atoms with Crippen LogP contribution in [0.5, 0.6) is 0 Å². The maximum Gasteiger partial charge on any atom is 0.223 e. The van der Waals surface area contributed by atoms with E-state index in [1.54, 1.807) is 0 Å². The predicted molar refractivity (Wildman–Crippen MR) is 97.8 cm³/mol. The van der Waals surface area contributed by atoms with E-state index in [-0.39, 0.29) is 23.8 Å². The van der Waals surface area contributed by atoms with Crippen LogP contribution in [0.1, 0.15) is 42.7 Å². The van der Waals surface area contributed by atoms with E-state index in [1.807, 2.05) is 41.3 Å². The minimum atomic E-state index is 0.0214. The zero-order valence-electron chi connectivity index (χ0n) is 14.3. The van der Waals surface area contributed by atoms with Gasteiger partial charge in [0.2, 0.25) is 5.91 Å². The number of carbonyl (C=O) groups excluding carboxylic acids is 1. The van der Waals surface area contributed by atoms with E-state index in [0.29, 0.717) is 13.0 Å². The molecule has 1 amide bonds. The fraction of sp³-hybridized carbons (Fsp3) is 0.381. The third kappa shape index (κ3) is 3.68. The van der Waals surface area contributed by atoms with Crippen molar-refractivity contribution in [3.63, 3.8) is 0 Å². The van der Waals surface area contributed by atoms with E-state index in [9.17, 15) is 4.79 Å². The molecule has 2 aromatic carbocycles. The summed E-state index contributed by atoms with van der Waals surface area (Å²) in [5, 5.41) is 0. The molecule has 0 aliphatic carbocycles. The molecule has 1 aliphatic heterocycles. The number of hydrogen-bond donors (Lipinski definition) is 1. The number of amides is 1. The van der Waals surface area contributed by atoms with Crippen molar-refractivity contribution in [2.24, 2.45) is 5.73 Å². The lowest BCUT2D eigenvalue weighted by Gasteiger charge is -2.21. The molecule has 0 radical (unpaired) electrons. The van der Waals surface area contributed by atoms with Gasteiger partial charge in [-0.1, -0.05) is 67.6 Å². The van der Waals surface area contributed by atoms with Crippen LogP contribution in [0.15, 0.2) is 60.7 Å². The Hall–Kier alpha value is -2.13. The number of benzene rings is 2. The Labute approximate surface area is 144 Å². The molecule has 1 unspecified atom stereocenters. The second-order valence-electron chi connectivity index (χ2n) is 6.70. The van der Waals surface area contributed by atoms with Gasteiger partial charge in [-0.3, -0.25) is 4.79 Å². The Morgan fingerprint density at radius 2 is 1.71 bits per heavy atom. The highest BCUT2D eigenvalue weighted by Gasteiger charge is 2.34. The second kappa shape index (κ2) is 7.63. The zero-order chi connectivity index (χ0) is 16.9. The Morgan fingerprint density at radius 3 is 2.33 bits per heavy atom. The van der Waals surface area contributed by atoms with Crippen molar-refractivity contribution < 1.29 is 4.79 Å². The molecule has 2 aromatic rings. The van der Waals surface area contributed by atoms with Gasteiger partial charge in [-0.05, 0) is 23.5 Å². The maximum atomic E-state index is 12.8. The van der Waals surface area contributed by atoms with Crippen LogP contribution in [0, 0.1) is 0 Å². The lowest BCUT2D eigenvalue weighted by Crippen LogP contribution is -2.32. The Bertz CT molecular complexity index is 656. The topological polar surface area (TPSA) is 46.3 Å². The van der Waals surface area contributed by atoms with Gasteiger partial charge < -0.3 is 10.6 Å². The van der Waals surface area contributed by atoms with E-state index < -0.39 is 0 Å². The first-order valence-electron chi connectivity index (χ1n) is 8.82. The molecule has 1 aliphatic rings. The summed E-state index contributed by atoms with van der Waals surface area (Å²) in [5.74, 6) is 0.747. The smallest absolute Gasteiger partial charge is 0.223 e. The van der Waals surface area contributed by atoms with Crippen LogP contribution >= 0.6 is 0 Å². The quantitative estimate of drug-likeness (QED) is 0.915. The molecule has 3 nitrogen and oxygen atoms in total. The number of rotatable bonds is 5. The minimum Gasteiger partial charge on any atom is -0.340 e. The van der Waals surface area contributed by atoms with Crippen molar-refractivity contribution >= 4 is 5.91 Å². The predicted octanol–water partition coefficient (Wildman–Crippen LogP) is 3.52. The average Bonchev–Trinajstić information content (AvgIpc) is 3.03. The van der Waals surface area contributed by atoms with Crippen molar-refractivity contribution in [1.29, 1.82) is 0 Å². The maximum absolute atomic E-state index is 12.8. The van der Waals surface area contributed by atoms with Crippen molar-refractivity contribution in [2.75, 3.05) is 13.1 Å². The summed E-state index contributed by atoms with van der Waals surface area (Å²) < 4.78 is 0. The van der Waals surface area contributed by atoms with Gasteiger partial charge in [-0.15, -0.1) is 0 Å². The van der Waals surface area contributed by atoms with Crippen LogP contribution in [-0.4, -0.2) is 29.9 Å². The van der Waals surface area contributed by atoms with Gasteiger partial charge in [0.15, 0.2) is 0 Å². The first kappa shape index (κ1) is 16.7. The minimum absolute atomic E-state index is 0.0214. The van der Waals surface area contributed by atoms with Gasteiger partial charge in [0.25, 0.3) is 0 Å². The van der Waals surface area contributed by atoms with E-state index in [2.05, 4.69) is 31.2 Å². The van der Waals surface area contributed by atoms with Gasteiger partial charge in [0.05, 0.1) is 0 Å². The molecule has 0 aromatic heterocycles. The monoisotopic (exact) mass is 322 g/mol. The molecule has 24 heavy (non-hydrogen) atoms. The molecule has 126 valence electrons. The summed E-state index contributed by atoms with van der Waals surface area (Å²) >= 11 is 0. The highest BCUT2D eigenvalue weighted by molar-refractivity contribution is 5.77. The van der Waals surface area contributed by atoms with Crippen LogP contribution in [0.3, 0.4) is 0 Å². The Kier molecular flexibility index (Phi) is 5.31. The van der Waals surface area contributed by atoms with E-state index in [0.717, 1.165) is 13.0 Å². The van der Waals surface area contributed by atoms with Crippen LogP contribution in [-0.2, 0) is 4.79 Å². The molecular formula is C21H26N2O. The van der Waals surface area contributed by atoms with Crippen molar-refractivity contribution in [3.8, 4) is 0 Å². The van der Waals surface area contributed by atoms with Crippen molar-refractivity contribution in [1.82, 2.24) is 4.90 Å². The molecule has 3 rings (SSSR count). The summed E-state index contributed by atoms with van der Waals surface area (Å²) in [4.78, 5) is 14.7. The van der Waals surface area contributed by atoms with Crippen LogP contribution in [0.4, 0.5) is 0 Å². The van der Waals surface area contributed by atoms with Gasteiger partial charge in [0, 0.05) is 31.5 Å². The number of likely N-dealkylation sites (tertiary alicyclic amines) is 1. The van der Waals surface area contributed by atoms with Crippen molar-refractivity contribution in [2.45, 2.75) is 37.6 Å². The highest BCUT2D eigenvalue weighted by atomic mass is 16.2. The van der Waals surface area contributed by atoms with E-state index in [1.165, 1.54) is 11.1 Å². The molecule has 1 fully saturated rings. The molecule has 3 atom stereocenters. The number of nitrogens with zero attached hydrogens (tertiary/aromatic N) is 1. The van der Waals surface area contributed by atoms with Crippen molar-refractivity contribution in [3.05, 3.63) is 71.8 Å². The largest absolute Gasteiger partial charge is 0.340 e. The van der Waals surface area contributed by atoms with E-state index >= 15 is 0 Å². The van der Waals surface area contributed by atoms with Gasteiger partial charge in [-0.25, -0.2) is 0 Å². The fourth-order valence-electron chi connectivity index (χ4n) is 3.65. The van der Waals surface area contributed by atoms with Gasteiger partial charge in [-0.2, -0.15) is 0 Å². The fourth-order valence-corrected chi connectivity index (χ4v) is 3.65. The van der Waals surface area contributed by atoms with Gasteiger partial charge >= 0.3 is 0 Å². The highest BCUT2D eigenvalue weighted by Crippen LogP contribution is 2.29. The molecule has 2 N–H and O–H groups in total. The Morgan fingerprint density at radius 1 is 1.08 bits per heavy atom.